The SMILES string of the molecule is Cc1cccc2c1c(CC1=NCCN1)cn2S(C)(=O)=O. The van der Waals surface area contributed by atoms with Crippen LogP contribution in [0.25, 0.3) is 10.9 Å². The van der Waals surface area contributed by atoms with E-state index in [0.717, 1.165) is 41.0 Å². The molecular formula is C14H17N3O2S. The van der Waals surface area contributed by atoms with Gasteiger partial charge in [-0.2, -0.15) is 0 Å². The Labute approximate surface area is 118 Å². The predicted molar refractivity (Wildman–Crippen MR) is 80.9 cm³/mol. The van der Waals surface area contributed by atoms with E-state index in [-0.39, 0.29) is 0 Å². The average molecular weight is 291 g/mol. The van der Waals surface area contributed by atoms with E-state index >= 15 is 0 Å². The highest BCUT2D eigenvalue weighted by Gasteiger charge is 2.18. The molecular weight excluding hydrogens is 274 g/mol. The molecule has 5 nitrogen and oxygen atoms in total. The van der Waals surface area contributed by atoms with Gasteiger partial charge in [0.2, 0.25) is 10.0 Å². The van der Waals surface area contributed by atoms with E-state index in [2.05, 4.69) is 10.3 Å². The Bertz CT molecular complexity index is 803. The number of hydrogen-bond acceptors (Lipinski definition) is 4. The molecule has 0 amide bonds. The Balaban J connectivity index is 2.21. The molecule has 0 unspecified atom stereocenters. The number of benzene rings is 1. The summed E-state index contributed by atoms with van der Waals surface area (Å²) in [7, 11) is -3.30. The first kappa shape index (κ1) is 13.2. The smallest absolute Gasteiger partial charge is 0.236 e. The summed E-state index contributed by atoms with van der Waals surface area (Å²) < 4.78 is 25.2. The van der Waals surface area contributed by atoms with E-state index < -0.39 is 10.0 Å². The van der Waals surface area contributed by atoms with Crippen molar-refractivity contribution in [1.82, 2.24) is 9.29 Å². The van der Waals surface area contributed by atoms with Crippen molar-refractivity contribution in [3.63, 3.8) is 0 Å². The molecule has 2 aromatic rings. The van der Waals surface area contributed by atoms with E-state index in [1.807, 2.05) is 25.1 Å². The van der Waals surface area contributed by atoms with Gasteiger partial charge in [0.1, 0.15) is 5.84 Å². The minimum atomic E-state index is -3.30. The minimum Gasteiger partial charge on any atom is -0.372 e. The van der Waals surface area contributed by atoms with Crippen LogP contribution >= 0.6 is 0 Å². The number of amidine groups is 1. The summed E-state index contributed by atoms with van der Waals surface area (Å²) in [5.74, 6) is 0.931. The topological polar surface area (TPSA) is 63.5 Å². The molecule has 0 spiro atoms. The molecule has 1 aliphatic heterocycles. The van der Waals surface area contributed by atoms with Crippen LogP contribution in [-0.2, 0) is 16.4 Å². The van der Waals surface area contributed by atoms with E-state index in [1.54, 1.807) is 6.20 Å². The third-order valence-electron chi connectivity index (χ3n) is 3.54. The Morgan fingerprint density at radius 2 is 2.20 bits per heavy atom. The number of fused-ring (bicyclic) bond motifs is 1. The molecule has 0 bridgehead atoms. The highest BCUT2D eigenvalue weighted by molar-refractivity contribution is 7.89. The molecule has 1 aromatic heterocycles. The molecule has 0 radical (unpaired) electrons. The highest BCUT2D eigenvalue weighted by atomic mass is 32.2. The molecule has 1 aliphatic rings. The van der Waals surface area contributed by atoms with Crippen molar-refractivity contribution >= 4 is 26.8 Å². The van der Waals surface area contributed by atoms with Crippen molar-refractivity contribution in [2.45, 2.75) is 13.3 Å². The summed E-state index contributed by atoms with van der Waals surface area (Å²) in [6.07, 6.45) is 3.59. The van der Waals surface area contributed by atoms with Gasteiger partial charge in [-0.1, -0.05) is 12.1 Å². The third-order valence-corrected chi connectivity index (χ3v) is 4.56. The van der Waals surface area contributed by atoms with Gasteiger partial charge >= 0.3 is 0 Å². The molecule has 20 heavy (non-hydrogen) atoms. The summed E-state index contributed by atoms with van der Waals surface area (Å²) in [6.45, 7) is 3.65. The van der Waals surface area contributed by atoms with Crippen LogP contribution in [0.4, 0.5) is 0 Å². The van der Waals surface area contributed by atoms with E-state index in [1.165, 1.54) is 10.2 Å². The van der Waals surface area contributed by atoms with Crippen molar-refractivity contribution in [2.75, 3.05) is 19.3 Å². The van der Waals surface area contributed by atoms with Crippen molar-refractivity contribution in [2.24, 2.45) is 4.99 Å². The fourth-order valence-corrected chi connectivity index (χ4v) is 3.51. The van der Waals surface area contributed by atoms with Gasteiger partial charge in [0.15, 0.2) is 0 Å². The second kappa shape index (κ2) is 4.63. The van der Waals surface area contributed by atoms with Crippen molar-refractivity contribution in [3.8, 4) is 0 Å². The number of rotatable bonds is 3. The zero-order chi connectivity index (χ0) is 14.3. The molecule has 0 aliphatic carbocycles. The molecule has 0 saturated heterocycles. The quantitative estimate of drug-likeness (QED) is 0.927. The monoisotopic (exact) mass is 291 g/mol. The zero-order valence-electron chi connectivity index (χ0n) is 11.5. The second-order valence-corrected chi connectivity index (χ2v) is 6.97. The van der Waals surface area contributed by atoms with Gasteiger partial charge in [0, 0.05) is 24.5 Å². The maximum Gasteiger partial charge on any atom is 0.236 e. The van der Waals surface area contributed by atoms with Gasteiger partial charge in [-0.05, 0) is 24.1 Å². The molecule has 1 N–H and O–H groups in total. The Kier molecular flexibility index (Phi) is 3.05. The molecule has 2 heterocycles. The summed E-state index contributed by atoms with van der Waals surface area (Å²) in [5, 5.41) is 4.24. The summed E-state index contributed by atoms with van der Waals surface area (Å²) in [4.78, 5) is 4.39. The Morgan fingerprint density at radius 3 is 2.85 bits per heavy atom. The van der Waals surface area contributed by atoms with Gasteiger partial charge in [-0.15, -0.1) is 0 Å². The van der Waals surface area contributed by atoms with E-state index in [0.29, 0.717) is 6.42 Å². The third kappa shape index (κ3) is 2.20. The molecule has 0 fully saturated rings. The molecule has 1 aromatic carbocycles. The first-order chi connectivity index (χ1) is 9.47. The van der Waals surface area contributed by atoms with Crippen molar-refractivity contribution < 1.29 is 8.42 Å². The normalized spacial score (nSPS) is 15.4. The summed E-state index contributed by atoms with van der Waals surface area (Å²) in [5.41, 5.74) is 2.82. The standard InChI is InChI=1S/C14H17N3O2S/c1-10-4-3-5-12-14(10)11(8-13-15-6-7-16-13)9-17(12)20(2,18)19/h3-5,9H,6-8H2,1-2H3,(H,15,16). The lowest BCUT2D eigenvalue weighted by Crippen LogP contribution is -2.20. The molecule has 0 saturated carbocycles. The number of aliphatic imine (C=N–C) groups is 1. The molecule has 106 valence electrons. The van der Waals surface area contributed by atoms with Crippen molar-refractivity contribution in [1.29, 1.82) is 0 Å². The number of aromatic nitrogens is 1. The zero-order valence-corrected chi connectivity index (χ0v) is 12.4. The van der Waals surface area contributed by atoms with Crippen LogP contribution in [0.3, 0.4) is 0 Å². The summed E-state index contributed by atoms with van der Waals surface area (Å²) >= 11 is 0. The fourth-order valence-electron chi connectivity index (χ4n) is 2.68. The largest absolute Gasteiger partial charge is 0.372 e. The van der Waals surface area contributed by atoms with Crippen LogP contribution in [0.5, 0.6) is 0 Å². The predicted octanol–water partition coefficient (Wildman–Crippen LogP) is 1.30. The molecule has 6 heteroatoms. The van der Waals surface area contributed by atoms with Gasteiger partial charge in [0.05, 0.1) is 18.3 Å². The average Bonchev–Trinajstić information content (AvgIpc) is 2.97. The first-order valence-electron chi connectivity index (χ1n) is 6.54. The fraction of sp³-hybridized carbons (Fsp3) is 0.357. The number of nitrogens with zero attached hydrogens (tertiary/aromatic N) is 2. The van der Waals surface area contributed by atoms with Gasteiger partial charge in [-0.3, -0.25) is 4.99 Å². The minimum absolute atomic E-state index is 0.643. The lowest BCUT2D eigenvalue weighted by molar-refractivity contribution is 0.595. The van der Waals surface area contributed by atoms with Gasteiger partial charge < -0.3 is 5.32 Å². The van der Waals surface area contributed by atoms with Crippen LogP contribution in [0.2, 0.25) is 0 Å². The number of aryl methyl sites for hydroxylation is 1. The second-order valence-electron chi connectivity index (χ2n) is 5.11. The lowest BCUT2D eigenvalue weighted by Gasteiger charge is -2.03. The summed E-state index contributed by atoms with van der Waals surface area (Å²) in [6, 6.07) is 5.73. The van der Waals surface area contributed by atoms with Crippen LogP contribution in [0.1, 0.15) is 11.1 Å². The van der Waals surface area contributed by atoms with Crippen LogP contribution in [0.15, 0.2) is 29.4 Å². The van der Waals surface area contributed by atoms with Gasteiger partial charge in [0.25, 0.3) is 0 Å². The molecule has 0 atom stereocenters. The maximum absolute atomic E-state index is 11.9. The number of hydrogen-bond donors (Lipinski definition) is 1. The Hall–Kier alpha value is -1.82. The number of nitrogens with one attached hydrogen (secondary N) is 1. The maximum atomic E-state index is 11.9. The van der Waals surface area contributed by atoms with Crippen molar-refractivity contribution in [3.05, 3.63) is 35.5 Å². The molecule has 3 rings (SSSR count). The van der Waals surface area contributed by atoms with E-state index in [4.69, 9.17) is 0 Å². The highest BCUT2D eigenvalue weighted by Crippen LogP contribution is 2.26. The lowest BCUT2D eigenvalue weighted by atomic mass is 10.1. The van der Waals surface area contributed by atoms with Crippen LogP contribution in [0, 0.1) is 6.92 Å². The van der Waals surface area contributed by atoms with Crippen LogP contribution < -0.4 is 5.32 Å². The van der Waals surface area contributed by atoms with Gasteiger partial charge in [-0.25, -0.2) is 12.4 Å². The van der Waals surface area contributed by atoms with Crippen LogP contribution in [-0.4, -0.2) is 37.6 Å². The Morgan fingerprint density at radius 1 is 1.40 bits per heavy atom. The first-order valence-corrected chi connectivity index (χ1v) is 8.39. The van der Waals surface area contributed by atoms with E-state index in [9.17, 15) is 8.42 Å².